The highest BCUT2D eigenvalue weighted by Gasteiger charge is 2.13. The molecule has 1 aliphatic rings. The van der Waals surface area contributed by atoms with Gasteiger partial charge >= 0.3 is 0 Å². The molecule has 0 saturated carbocycles. The molecule has 0 aromatic heterocycles. The van der Waals surface area contributed by atoms with Gasteiger partial charge < -0.3 is 15.5 Å². The lowest BCUT2D eigenvalue weighted by Crippen LogP contribution is -3.10. The molecule has 0 aliphatic carbocycles. The zero-order chi connectivity index (χ0) is 13.5. The molecule has 0 atom stereocenters. The minimum Gasteiger partial charge on any atom is -0.362 e. The SMILES string of the molecule is Cc1ccccc1NC(=S)NCCC[NH+]1CCCC1. The molecule has 1 saturated heterocycles. The molecule has 1 fully saturated rings. The Bertz CT molecular complexity index is 414. The van der Waals surface area contributed by atoms with Crippen molar-refractivity contribution in [1.29, 1.82) is 0 Å². The second kappa shape index (κ2) is 7.46. The summed E-state index contributed by atoms with van der Waals surface area (Å²) < 4.78 is 0. The van der Waals surface area contributed by atoms with Crippen LogP contribution in [0.5, 0.6) is 0 Å². The molecule has 1 aromatic carbocycles. The van der Waals surface area contributed by atoms with Crippen LogP contribution in [0.15, 0.2) is 24.3 Å². The molecule has 0 amide bonds. The van der Waals surface area contributed by atoms with Gasteiger partial charge in [0.05, 0.1) is 19.6 Å². The quantitative estimate of drug-likeness (QED) is 0.561. The molecule has 0 radical (unpaired) electrons. The van der Waals surface area contributed by atoms with Gasteiger partial charge in [0.2, 0.25) is 0 Å². The summed E-state index contributed by atoms with van der Waals surface area (Å²) in [6, 6.07) is 8.20. The molecule has 0 unspecified atom stereocenters. The van der Waals surface area contributed by atoms with Gasteiger partial charge in [0.25, 0.3) is 0 Å². The number of nitrogens with one attached hydrogen (secondary N) is 3. The average molecular weight is 278 g/mol. The van der Waals surface area contributed by atoms with Crippen molar-refractivity contribution in [2.45, 2.75) is 26.2 Å². The van der Waals surface area contributed by atoms with Gasteiger partial charge in [-0.05, 0) is 30.8 Å². The fraction of sp³-hybridized carbons (Fsp3) is 0.533. The number of aryl methyl sites for hydroxylation is 1. The fourth-order valence-corrected chi connectivity index (χ4v) is 2.76. The van der Waals surface area contributed by atoms with Crippen LogP contribution >= 0.6 is 12.2 Å². The molecule has 3 nitrogen and oxygen atoms in total. The Kier molecular flexibility index (Phi) is 5.61. The van der Waals surface area contributed by atoms with E-state index in [9.17, 15) is 0 Å². The largest absolute Gasteiger partial charge is 0.362 e. The van der Waals surface area contributed by atoms with Gasteiger partial charge in [0.1, 0.15) is 0 Å². The first kappa shape index (κ1) is 14.3. The summed E-state index contributed by atoms with van der Waals surface area (Å²) in [5.74, 6) is 0. The molecular formula is C15H24N3S+. The first-order chi connectivity index (χ1) is 9.25. The third-order valence-corrected chi connectivity index (χ3v) is 3.94. The second-order valence-corrected chi connectivity index (χ2v) is 5.66. The molecule has 104 valence electrons. The number of likely N-dealkylation sites (tertiary alicyclic amines) is 1. The second-order valence-electron chi connectivity index (χ2n) is 5.26. The van der Waals surface area contributed by atoms with Crippen LogP contribution in [0, 0.1) is 6.92 Å². The standard InChI is InChI=1S/C15H23N3S/c1-13-7-2-3-8-14(13)17-15(19)16-9-6-12-18-10-4-5-11-18/h2-3,7-8H,4-6,9-12H2,1H3,(H2,16,17,19)/p+1. The molecule has 0 bridgehead atoms. The van der Waals surface area contributed by atoms with Gasteiger partial charge in [0.15, 0.2) is 5.11 Å². The van der Waals surface area contributed by atoms with Crippen molar-refractivity contribution < 1.29 is 4.90 Å². The summed E-state index contributed by atoms with van der Waals surface area (Å²) in [6.07, 6.45) is 3.98. The summed E-state index contributed by atoms with van der Waals surface area (Å²) in [7, 11) is 0. The Hall–Kier alpha value is -1.13. The number of thiocarbonyl (C=S) groups is 1. The monoisotopic (exact) mass is 278 g/mol. The van der Waals surface area contributed by atoms with E-state index in [-0.39, 0.29) is 0 Å². The van der Waals surface area contributed by atoms with Crippen LogP contribution in [0.4, 0.5) is 5.69 Å². The van der Waals surface area contributed by atoms with E-state index in [0.29, 0.717) is 0 Å². The summed E-state index contributed by atoms with van der Waals surface area (Å²) in [6.45, 7) is 7.01. The lowest BCUT2D eigenvalue weighted by molar-refractivity contribution is -0.887. The Morgan fingerprint density at radius 3 is 2.74 bits per heavy atom. The highest BCUT2D eigenvalue weighted by molar-refractivity contribution is 7.80. The van der Waals surface area contributed by atoms with Gasteiger partial charge in [-0.3, -0.25) is 0 Å². The van der Waals surface area contributed by atoms with Crippen LogP contribution in [-0.2, 0) is 0 Å². The van der Waals surface area contributed by atoms with Crippen molar-refractivity contribution >= 4 is 23.0 Å². The topological polar surface area (TPSA) is 28.5 Å². The number of hydrogen-bond donors (Lipinski definition) is 3. The van der Waals surface area contributed by atoms with Gasteiger partial charge in [-0.2, -0.15) is 0 Å². The Morgan fingerprint density at radius 1 is 1.26 bits per heavy atom. The zero-order valence-electron chi connectivity index (χ0n) is 11.7. The van der Waals surface area contributed by atoms with E-state index < -0.39 is 0 Å². The van der Waals surface area contributed by atoms with E-state index >= 15 is 0 Å². The first-order valence-electron chi connectivity index (χ1n) is 7.20. The number of rotatable bonds is 5. The van der Waals surface area contributed by atoms with Crippen LogP contribution in [-0.4, -0.2) is 31.3 Å². The zero-order valence-corrected chi connectivity index (χ0v) is 12.5. The third kappa shape index (κ3) is 4.80. The smallest absolute Gasteiger partial charge is 0.170 e. The van der Waals surface area contributed by atoms with Crippen LogP contribution in [0.25, 0.3) is 0 Å². The molecule has 1 heterocycles. The number of para-hydroxylation sites is 1. The lowest BCUT2D eigenvalue weighted by Gasteiger charge is -2.14. The summed E-state index contributed by atoms with van der Waals surface area (Å²) in [5.41, 5.74) is 2.30. The van der Waals surface area contributed by atoms with Crippen LogP contribution in [0.3, 0.4) is 0 Å². The molecular weight excluding hydrogens is 254 g/mol. The van der Waals surface area contributed by atoms with E-state index in [1.54, 1.807) is 4.90 Å². The Morgan fingerprint density at radius 2 is 2.00 bits per heavy atom. The van der Waals surface area contributed by atoms with E-state index in [0.717, 1.165) is 17.3 Å². The van der Waals surface area contributed by atoms with Crippen molar-refractivity contribution in [3.8, 4) is 0 Å². The molecule has 19 heavy (non-hydrogen) atoms. The minimum absolute atomic E-state index is 0.728. The summed E-state index contributed by atoms with van der Waals surface area (Å²) in [4.78, 5) is 1.75. The number of quaternary nitrogens is 1. The number of hydrogen-bond acceptors (Lipinski definition) is 1. The molecule has 0 spiro atoms. The van der Waals surface area contributed by atoms with Crippen molar-refractivity contribution in [3.05, 3.63) is 29.8 Å². The predicted octanol–water partition coefficient (Wildman–Crippen LogP) is 1.35. The molecule has 3 N–H and O–H groups in total. The van der Waals surface area contributed by atoms with Gasteiger partial charge in [-0.15, -0.1) is 0 Å². The highest BCUT2D eigenvalue weighted by atomic mass is 32.1. The maximum Gasteiger partial charge on any atom is 0.170 e. The maximum absolute atomic E-state index is 5.31. The molecule has 4 heteroatoms. The van der Waals surface area contributed by atoms with E-state index in [1.165, 1.54) is 44.5 Å². The number of anilines is 1. The first-order valence-corrected chi connectivity index (χ1v) is 7.60. The van der Waals surface area contributed by atoms with Gasteiger partial charge in [-0.1, -0.05) is 18.2 Å². The van der Waals surface area contributed by atoms with Crippen molar-refractivity contribution in [2.75, 3.05) is 31.5 Å². The number of benzene rings is 1. The molecule has 2 rings (SSSR count). The Balaban J connectivity index is 1.63. The summed E-state index contributed by atoms with van der Waals surface area (Å²) >= 11 is 5.31. The normalized spacial score (nSPS) is 15.4. The van der Waals surface area contributed by atoms with Crippen molar-refractivity contribution in [3.63, 3.8) is 0 Å². The lowest BCUT2D eigenvalue weighted by atomic mass is 10.2. The van der Waals surface area contributed by atoms with Crippen LogP contribution < -0.4 is 15.5 Å². The van der Waals surface area contributed by atoms with Crippen LogP contribution in [0.1, 0.15) is 24.8 Å². The summed E-state index contributed by atoms with van der Waals surface area (Å²) in [5, 5.41) is 7.27. The average Bonchev–Trinajstić information content (AvgIpc) is 2.91. The van der Waals surface area contributed by atoms with Gasteiger partial charge in [-0.25, -0.2) is 0 Å². The van der Waals surface area contributed by atoms with Gasteiger partial charge in [0, 0.05) is 31.5 Å². The van der Waals surface area contributed by atoms with E-state index in [2.05, 4.69) is 29.7 Å². The Labute approximate surface area is 121 Å². The van der Waals surface area contributed by atoms with Crippen LogP contribution in [0.2, 0.25) is 0 Å². The highest BCUT2D eigenvalue weighted by Crippen LogP contribution is 2.12. The minimum atomic E-state index is 0.728. The fourth-order valence-electron chi connectivity index (χ4n) is 2.54. The predicted molar refractivity (Wildman–Crippen MR) is 84.8 cm³/mol. The maximum atomic E-state index is 5.31. The van der Waals surface area contributed by atoms with Crippen molar-refractivity contribution in [2.24, 2.45) is 0 Å². The van der Waals surface area contributed by atoms with E-state index in [4.69, 9.17) is 12.2 Å². The molecule has 1 aromatic rings. The van der Waals surface area contributed by atoms with Crippen molar-refractivity contribution in [1.82, 2.24) is 5.32 Å². The molecule has 1 aliphatic heterocycles. The van der Waals surface area contributed by atoms with E-state index in [1.807, 2.05) is 12.1 Å². The third-order valence-electron chi connectivity index (χ3n) is 3.70.